The van der Waals surface area contributed by atoms with E-state index in [0.29, 0.717) is 31.9 Å². The number of anilines is 1. The Morgan fingerprint density at radius 2 is 1.72 bits per heavy atom. The number of piperazine rings is 1. The summed E-state index contributed by atoms with van der Waals surface area (Å²) in [5, 5.41) is 0. The number of nitrogens with zero attached hydrogens (tertiary/aromatic N) is 2. The van der Waals surface area contributed by atoms with Crippen LogP contribution in [0, 0.1) is 11.7 Å². The second kappa shape index (κ2) is 7.32. The van der Waals surface area contributed by atoms with E-state index in [9.17, 15) is 17.6 Å². The predicted octanol–water partition coefficient (Wildman–Crippen LogP) is 2.46. The van der Waals surface area contributed by atoms with Crippen LogP contribution >= 0.6 is 0 Å². The minimum Gasteiger partial charge on any atom is -0.366 e. The van der Waals surface area contributed by atoms with Crippen molar-refractivity contribution in [3.8, 4) is 0 Å². The Labute approximate surface area is 148 Å². The second-order valence-corrected chi connectivity index (χ2v) is 9.05. The van der Waals surface area contributed by atoms with Crippen molar-refractivity contribution in [3.63, 3.8) is 0 Å². The molecule has 0 bridgehead atoms. The van der Waals surface area contributed by atoms with Crippen LogP contribution in [0.25, 0.3) is 0 Å². The first kappa shape index (κ1) is 18.2. The van der Waals surface area contributed by atoms with Crippen LogP contribution in [-0.4, -0.2) is 51.7 Å². The third-order valence-corrected chi connectivity index (χ3v) is 6.34. The lowest BCUT2D eigenvalue weighted by atomic mass is 9.88. The first-order chi connectivity index (χ1) is 11.9. The van der Waals surface area contributed by atoms with Crippen molar-refractivity contribution in [3.05, 3.63) is 24.0 Å². The largest absolute Gasteiger partial charge is 0.366 e. The number of hydrogen-bond donors (Lipinski definition) is 0. The van der Waals surface area contributed by atoms with Gasteiger partial charge in [0.2, 0.25) is 5.91 Å². The Hall–Kier alpha value is -1.63. The average molecular weight is 368 g/mol. The Bertz CT molecular complexity index is 737. The van der Waals surface area contributed by atoms with Gasteiger partial charge in [0.25, 0.3) is 0 Å². The lowest BCUT2D eigenvalue weighted by Gasteiger charge is -2.38. The SMILES string of the molecule is CS(=O)(=O)c1ccc(N2CCN(C(=O)C3CCCCC3)CC2)c(F)c1. The summed E-state index contributed by atoms with van der Waals surface area (Å²) in [4.78, 5) is 16.3. The molecule has 1 amide bonds. The number of hydrogen-bond acceptors (Lipinski definition) is 4. The third-order valence-electron chi connectivity index (χ3n) is 5.23. The highest BCUT2D eigenvalue weighted by Gasteiger charge is 2.29. The summed E-state index contributed by atoms with van der Waals surface area (Å²) in [6, 6.07) is 4.03. The number of carbonyl (C=O) groups excluding carboxylic acids is 1. The van der Waals surface area contributed by atoms with E-state index >= 15 is 0 Å². The number of benzene rings is 1. The van der Waals surface area contributed by atoms with Crippen LogP contribution in [0.2, 0.25) is 0 Å². The third kappa shape index (κ3) is 4.14. The zero-order valence-electron chi connectivity index (χ0n) is 14.6. The molecule has 1 saturated heterocycles. The Balaban J connectivity index is 1.63. The molecule has 25 heavy (non-hydrogen) atoms. The van der Waals surface area contributed by atoms with Gasteiger partial charge in [-0.15, -0.1) is 0 Å². The van der Waals surface area contributed by atoms with Crippen LogP contribution in [0.15, 0.2) is 23.1 Å². The molecular formula is C18H25FN2O3S. The summed E-state index contributed by atoms with van der Waals surface area (Å²) >= 11 is 0. The number of amides is 1. The van der Waals surface area contributed by atoms with Crippen molar-refractivity contribution in [1.29, 1.82) is 0 Å². The van der Waals surface area contributed by atoms with Gasteiger partial charge in [0.05, 0.1) is 10.6 Å². The summed E-state index contributed by atoms with van der Waals surface area (Å²) in [6.07, 6.45) is 6.53. The van der Waals surface area contributed by atoms with Crippen molar-refractivity contribution in [1.82, 2.24) is 4.90 Å². The molecule has 1 heterocycles. The molecule has 0 N–H and O–H groups in total. The molecule has 2 aliphatic rings. The first-order valence-corrected chi connectivity index (χ1v) is 10.8. The van der Waals surface area contributed by atoms with E-state index in [1.807, 2.05) is 9.80 Å². The molecule has 1 aromatic rings. The van der Waals surface area contributed by atoms with Crippen LogP contribution in [0.4, 0.5) is 10.1 Å². The Morgan fingerprint density at radius 3 is 2.28 bits per heavy atom. The van der Waals surface area contributed by atoms with Gasteiger partial charge in [-0.2, -0.15) is 0 Å². The van der Waals surface area contributed by atoms with E-state index in [1.165, 1.54) is 18.6 Å². The minimum absolute atomic E-state index is 0.0140. The normalized spacial score (nSPS) is 19.9. The molecule has 0 radical (unpaired) electrons. The lowest BCUT2D eigenvalue weighted by Crippen LogP contribution is -2.50. The molecule has 1 aliphatic heterocycles. The molecule has 1 aliphatic carbocycles. The Morgan fingerprint density at radius 1 is 1.08 bits per heavy atom. The fourth-order valence-corrected chi connectivity index (χ4v) is 4.38. The van der Waals surface area contributed by atoms with Crippen molar-refractivity contribution < 1.29 is 17.6 Å². The molecule has 1 saturated carbocycles. The molecule has 0 aromatic heterocycles. The molecule has 2 fully saturated rings. The van der Waals surface area contributed by atoms with Gasteiger partial charge in [-0.05, 0) is 31.0 Å². The summed E-state index contributed by atoms with van der Waals surface area (Å²) < 4.78 is 37.4. The smallest absolute Gasteiger partial charge is 0.225 e. The Kier molecular flexibility index (Phi) is 5.32. The summed E-state index contributed by atoms with van der Waals surface area (Å²) in [5.74, 6) is -0.131. The topological polar surface area (TPSA) is 57.7 Å². The van der Waals surface area contributed by atoms with E-state index < -0.39 is 15.7 Å². The quantitative estimate of drug-likeness (QED) is 0.822. The molecule has 0 atom stereocenters. The van der Waals surface area contributed by atoms with Crippen molar-refractivity contribution in [2.24, 2.45) is 5.92 Å². The fourth-order valence-electron chi connectivity index (χ4n) is 3.75. The number of sulfone groups is 1. The monoisotopic (exact) mass is 368 g/mol. The van der Waals surface area contributed by atoms with Crippen molar-refractivity contribution >= 4 is 21.4 Å². The van der Waals surface area contributed by atoms with Crippen LogP contribution in [0.1, 0.15) is 32.1 Å². The number of carbonyl (C=O) groups is 1. The highest BCUT2D eigenvalue weighted by Crippen LogP contribution is 2.27. The van der Waals surface area contributed by atoms with Gasteiger partial charge < -0.3 is 9.80 Å². The number of rotatable bonds is 3. The van der Waals surface area contributed by atoms with E-state index in [2.05, 4.69) is 0 Å². The van der Waals surface area contributed by atoms with Gasteiger partial charge in [-0.25, -0.2) is 12.8 Å². The van der Waals surface area contributed by atoms with Gasteiger partial charge in [0.1, 0.15) is 5.82 Å². The van der Waals surface area contributed by atoms with Gasteiger partial charge in [0.15, 0.2) is 9.84 Å². The van der Waals surface area contributed by atoms with Crippen LogP contribution < -0.4 is 4.90 Å². The zero-order chi connectivity index (χ0) is 18.0. The van der Waals surface area contributed by atoms with Gasteiger partial charge >= 0.3 is 0 Å². The molecule has 0 spiro atoms. The van der Waals surface area contributed by atoms with Crippen molar-refractivity contribution in [2.45, 2.75) is 37.0 Å². The molecule has 3 rings (SSSR count). The molecule has 0 unspecified atom stereocenters. The van der Waals surface area contributed by atoms with E-state index in [0.717, 1.165) is 38.0 Å². The summed E-state index contributed by atoms with van der Waals surface area (Å²) in [7, 11) is -3.42. The lowest BCUT2D eigenvalue weighted by molar-refractivity contribution is -0.136. The summed E-state index contributed by atoms with van der Waals surface area (Å²) in [6.45, 7) is 2.30. The van der Waals surface area contributed by atoms with Gasteiger partial charge in [-0.1, -0.05) is 19.3 Å². The fraction of sp³-hybridized carbons (Fsp3) is 0.611. The molecule has 138 valence electrons. The highest BCUT2D eigenvalue weighted by atomic mass is 32.2. The van der Waals surface area contributed by atoms with E-state index in [4.69, 9.17) is 0 Å². The highest BCUT2D eigenvalue weighted by molar-refractivity contribution is 7.90. The maximum atomic E-state index is 14.3. The number of halogens is 1. The van der Waals surface area contributed by atoms with E-state index in [-0.39, 0.29) is 16.7 Å². The van der Waals surface area contributed by atoms with Crippen LogP contribution in [0.3, 0.4) is 0 Å². The summed E-state index contributed by atoms with van der Waals surface area (Å²) in [5.41, 5.74) is 0.400. The maximum Gasteiger partial charge on any atom is 0.225 e. The minimum atomic E-state index is -3.42. The van der Waals surface area contributed by atoms with E-state index in [1.54, 1.807) is 0 Å². The standard InChI is InChI=1S/C18H25FN2O3S/c1-25(23,24)15-7-8-17(16(19)13-15)20-9-11-21(12-10-20)18(22)14-5-3-2-4-6-14/h7-8,13-14H,2-6,9-12H2,1H3. The van der Waals surface area contributed by atoms with Crippen LogP contribution in [0.5, 0.6) is 0 Å². The van der Waals surface area contributed by atoms with Gasteiger partial charge in [0, 0.05) is 38.4 Å². The van der Waals surface area contributed by atoms with Gasteiger partial charge in [-0.3, -0.25) is 4.79 Å². The molecule has 1 aromatic carbocycles. The zero-order valence-corrected chi connectivity index (χ0v) is 15.4. The predicted molar refractivity (Wildman–Crippen MR) is 94.9 cm³/mol. The molecular weight excluding hydrogens is 343 g/mol. The average Bonchev–Trinajstić information content (AvgIpc) is 2.61. The molecule has 7 heteroatoms. The maximum absolute atomic E-state index is 14.3. The van der Waals surface area contributed by atoms with Crippen molar-refractivity contribution in [2.75, 3.05) is 37.3 Å². The second-order valence-electron chi connectivity index (χ2n) is 7.03. The first-order valence-electron chi connectivity index (χ1n) is 8.89. The molecule has 5 nitrogen and oxygen atoms in total. The van der Waals surface area contributed by atoms with Crippen LogP contribution in [-0.2, 0) is 14.6 Å².